The highest BCUT2D eigenvalue weighted by Crippen LogP contribution is 2.17. The molecule has 1 aliphatic carbocycles. The van der Waals surface area contributed by atoms with Gasteiger partial charge < -0.3 is 15.4 Å². The average molecular weight is 449 g/mol. The molecule has 2 aromatic carbocycles. The van der Waals surface area contributed by atoms with E-state index in [4.69, 9.17) is 4.74 Å². The number of rotatable bonds is 10. The summed E-state index contributed by atoms with van der Waals surface area (Å²) in [6, 6.07) is 18.2. The molecule has 2 amide bonds. The molecular weight excluding hydrogens is 416 g/mol. The molecule has 6 heteroatoms. The Kier molecular flexibility index (Phi) is 9.70. The van der Waals surface area contributed by atoms with Crippen LogP contribution in [0.15, 0.2) is 66.7 Å². The lowest BCUT2D eigenvalue weighted by atomic mass is 9.95. The number of ether oxygens (including phenoxy) is 1. The lowest BCUT2D eigenvalue weighted by Gasteiger charge is -2.25. The van der Waals surface area contributed by atoms with E-state index in [1.807, 2.05) is 60.7 Å². The zero-order valence-electron chi connectivity index (χ0n) is 18.9. The topological polar surface area (TPSA) is 84.5 Å². The summed E-state index contributed by atoms with van der Waals surface area (Å²) in [4.78, 5) is 37.6. The molecule has 0 radical (unpaired) electrons. The minimum Gasteiger partial charge on any atom is -0.463 e. The van der Waals surface area contributed by atoms with Crippen molar-refractivity contribution in [3.8, 4) is 0 Å². The maximum atomic E-state index is 12.9. The molecule has 0 spiro atoms. The van der Waals surface area contributed by atoms with Gasteiger partial charge in [-0.05, 0) is 36.5 Å². The highest BCUT2D eigenvalue weighted by atomic mass is 16.5. The van der Waals surface area contributed by atoms with E-state index in [-0.39, 0.29) is 25.0 Å². The largest absolute Gasteiger partial charge is 0.463 e. The zero-order chi connectivity index (χ0) is 23.3. The summed E-state index contributed by atoms with van der Waals surface area (Å²) in [6.45, 7) is -0.197. The highest BCUT2D eigenvalue weighted by Gasteiger charge is 2.25. The second-order valence-corrected chi connectivity index (χ2v) is 8.32. The fourth-order valence-electron chi connectivity index (χ4n) is 3.83. The van der Waals surface area contributed by atoms with Crippen LogP contribution >= 0.6 is 0 Å². The molecule has 2 N–H and O–H groups in total. The fraction of sp³-hybridized carbons (Fsp3) is 0.370. The van der Waals surface area contributed by atoms with Gasteiger partial charge in [0.2, 0.25) is 11.8 Å². The van der Waals surface area contributed by atoms with Gasteiger partial charge in [-0.2, -0.15) is 0 Å². The van der Waals surface area contributed by atoms with Crippen LogP contribution in [0.5, 0.6) is 0 Å². The molecule has 3 rings (SSSR count). The number of hydrogen-bond acceptors (Lipinski definition) is 4. The molecular formula is C27H32N2O4. The number of benzene rings is 2. The first kappa shape index (κ1) is 24.2. The summed E-state index contributed by atoms with van der Waals surface area (Å²) in [6.07, 6.45) is 9.02. The van der Waals surface area contributed by atoms with E-state index in [0.29, 0.717) is 6.42 Å². The lowest BCUT2D eigenvalue weighted by molar-refractivity contribution is -0.146. The fourth-order valence-corrected chi connectivity index (χ4v) is 3.83. The molecule has 0 aliphatic heterocycles. The maximum Gasteiger partial charge on any atom is 0.306 e. The van der Waals surface area contributed by atoms with Crippen LogP contribution < -0.4 is 10.6 Å². The van der Waals surface area contributed by atoms with Gasteiger partial charge in [-0.15, -0.1) is 0 Å². The Morgan fingerprint density at radius 2 is 1.61 bits per heavy atom. The number of nitrogens with one attached hydrogen (secondary N) is 2. The lowest BCUT2D eigenvalue weighted by Crippen LogP contribution is -2.52. The summed E-state index contributed by atoms with van der Waals surface area (Å²) in [5, 5.41) is 5.70. The van der Waals surface area contributed by atoms with Crippen LogP contribution in [0.25, 0.3) is 6.08 Å². The van der Waals surface area contributed by atoms with Crippen molar-refractivity contribution in [1.82, 2.24) is 10.6 Å². The van der Waals surface area contributed by atoms with Crippen LogP contribution in [-0.2, 0) is 25.5 Å². The van der Waals surface area contributed by atoms with Crippen molar-refractivity contribution in [3.05, 3.63) is 77.9 Å². The van der Waals surface area contributed by atoms with E-state index < -0.39 is 17.9 Å². The summed E-state index contributed by atoms with van der Waals surface area (Å²) < 4.78 is 5.36. The van der Waals surface area contributed by atoms with Gasteiger partial charge in [-0.25, -0.2) is 0 Å². The Balaban J connectivity index is 1.55. The predicted molar refractivity (Wildman–Crippen MR) is 128 cm³/mol. The van der Waals surface area contributed by atoms with Crippen molar-refractivity contribution >= 4 is 23.9 Å². The average Bonchev–Trinajstić information content (AvgIpc) is 2.86. The second-order valence-electron chi connectivity index (χ2n) is 8.32. The zero-order valence-corrected chi connectivity index (χ0v) is 18.9. The first-order valence-corrected chi connectivity index (χ1v) is 11.6. The van der Waals surface area contributed by atoms with Crippen LogP contribution in [0.2, 0.25) is 0 Å². The molecule has 0 saturated heterocycles. The third kappa shape index (κ3) is 8.93. The first-order valence-electron chi connectivity index (χ1n) is 11.6. The predicted octanol–water partition coefficient (Wildman–Crippen LogP) is 3.81. The van der Waals surface area contributed by atoms with Crippen LogP contribution in [0.4, 0.5) is 0 Å². The standard InChI is InChI=1S/C27H32N2O4/c30-25(18-16-21-10-4-1-5-11-21)29-24(27(32)28-23-14-8-3-9-15-23)20-33-26(31)19-17-22-12-6-2-7-13-22/h1-2,4-7,10-13,16,18,23-24H,3,8-9,14-15,17,19-20H2,(H,28,32)(H,29,30)/b18-16+/t24-/m0/s1. The molecule has 174 valence electrons. The molecule has 33 heavy (non-hydrogen) atoms. The molecule has 1 fully saturated rings. The Hall–Kier alpha value is -3.41. The van der Waals surface area contributed by atoms with Crippen LogP contribution in [0.3, 0.4) is 0 Å². The Morgan fingerprint density at radius 1 is 0.939 bits per heavy atom. The monoisotopic (exact) mass is 448 g/mol. The van der Waals surface area contributed by atoms with E-state index in [2.05, 4.69) is 10.6 Å². The van der Waals surface area contributed by atoms with Crippen LogP contribution in [0.1, 0.15) is 49.7 Å². The van der Waals surface area contributed by atoms with E-state index in [1.165, 1.54) is 12.5 Å². The van der Waals surface area contributed by atoms with Crippen LogP contribution in [-0.4, -0.2) is 36.5 Å². The van der Waals surface area contributed by atoms with E-state index in [1.54, 1.807) is 6.08 Å². The van der Waals surface area contributed by atoms with Gasteiger partial charge in [0.25, 0.3) is 0 Å². The molecule has 0 aromatic heterocycles. The van der Waals surface area contributed by atoms with Gasteiger partial charge in [0.15, 0.2) is 0 Å². The smallest absolute Gasteiger partial charge is 0.306 e. The Labute approximate surface area is 195 Å². The molecule has 0 heterocycles. The van der Waals surface area contributed by atoms with Gasteiger partial charge in [-0.3, -0.25) is 14.4 Å². The van der Waals surface area contributed by atoms with Crippen molar-refractivity contribution in [2.45, 2.75) is 57.0 Å². The second kappa shape index (κ2) is 13.2. The summed E-state index contributed by atoms with van der Waals surface area (Å²) in [7, 11) is 0. The Morgan fingerprint density at radius 3 is 2.30 bits per heavy atom. The number of amides is 2. The number of carbonyl (C=O) groups is 3. The number of aryl methyl sites for hydroxylation is 1. The first-order chi connectivity index (χ1) is 16.1. The number of hydrogen-bond donors (Lipinski definition) is 2. The van der Waals surface area contributed by atoms with Crippen LogP contribution in [0, 0.1) is 0 Å². The molecule has 0 unspecified atom stereocenters. The summed E-state index contributed by atoms with van der Waals surface area (Å²) in [5.41, 5.74) is 1.92. The maximum absolute atomic E-state index is 12.9. The van der Waals surface area contributed by atoms with E-state index in [9.17, 15) is 14.4 Å². The number of carbonyl (C=O) groups excluding carboxylic acids is 3. The van der Waals surface area contributed by atoms with E-state index in [0.717, 1.165) is 36.8 Å². The highest BCUT2D eigenvalue weighted by molar-refractivity contribution is 5.95. The molecule has 1 aliphatic rings. The van der Waals surface area contributed by atoms with Crippen molar-refractivity contribution in [1.29, 1.82) is 0 Å². The minimum atomic E-state index is -0.944. The molecule has 1 atom stereocenters. The van der Waals surface area contributed by atoms with Crippen molar-refractivity contribution in [2.75, 3.05) is 6.61 Å². The van der Waals surface area contributed by atoms with Gasteiger partial charge in [0.1, 0.15) is 12.6 Å². The normalized spacial score (nSPS) is 15.0. The van der Waals surface area contributed by atoms with Crippen molar-refractivity contribution < 1.29 is 19.1 Å². The molecule has 1 saturated carbocycles. The SMILES string of the molecule is O=C(/C=C/c1ccccc1)N[C@@H](COC(=O)CCc1ccccc1)C(=O)NC1CCCCC1. The Bertz CT molecular complexity index is 922. The van der Waals surface area contributed by atoms with E-state index >= 15 is 0 Å². The minimum absolute atomic E-state index is 0.0966. The third-order valence-electron chi connectivity index (χ3n) is 5.68. The number of esters is 1. The third-order valence-corrected chi connectivity index (χ3v) is 5.68. The molecule has 0 bridgehead atoms. The van der Waals surface area contributed by atoms with Crippen molar-refractivity contribution in [3.63, 3.8) is 0 Å². The quantitative estimate of drug-likeness (QED) is 0.428. The molecule has 6 nitrogen and oxygen atoms in total. The molecule has 2 aromatic rings. The van der Waals surface area contributed by atoms with Gasteiger partial charge in [-0.1, -0.05) is 79.9 Å². The summed E-state index contributed by atoms with van der Waals surface area (Å²) in [5.74, 6) is -1.13. The van der Waals surface area contributed by atoms with Gasteiger partial charge >= 0.3 is 5.97 Å². The summed E-state index contributed by atoms with van der Waals surface area (Å²) >= 11 is 0. The van der Waals surface area contributed by atoms with Gasteiger partial charge in [0, 0.05) is 18.5 Å². The van der Waals surface area contributed by atoms with Crippen molar-refractivity contribution in [2.24, 2.45) is 0 Å². The van der Waals surface area contributed by atoms with Gasteiger partial charge in [0.05, 0.1) is 0 Å².